The maximum atomic E-state index is 6.11. The lowest BCUT2D eigenvalue weighted by molar-refractivity contribution is -0.0253. The van der Waals surface area contributed by atoms with E-state index in [0.717, 1.165) is 4.47 Å². The van der Waals surface area contributed by atoms with Crippen molar-refractivity contribution in [3.05, 3.63) is 70.2 Å². The van der Waals surface area contributed by atoms with Crippen molar-refractivity contribution < 1.29 is 4.74 Å². The average Bonchev–Trinajstić information content (AvgIpc) is 2.49. The van der Waals surface area contributed by atoms with Gasteiger partial charge in [0.25, 0.3) is 0 Å². The summed E-state index contributed by atoms with van der Waals surface area (Å²) in [7, 11) is 0. The molecule has 0 bridgehead atoms. The third-order valence-electron chi connectivity index (χ3n) is 3.76. The Balaban J connectivity index is 1.72. The number of hydrogen-bond acceptors (Lipinski definition) is 2. The molecule has 1 N–H and O–H groups in total. The SMILES string of the molecule is CC1NC(c2ccccc2)COC1c1ccc(Br)cc1. The van der Waals surface area contributed by atoms with E-state index in [1.165, 1.54) is 11.1 Å². The fourth-order valence-electron chi connectivity index (χ4n) is 2.71. The Kier molecular flexibility index (Phi) is 4.20. The quantitative estimate of drug-likeness (QED) is 0.888. The van der Waals surface area contributed by atoms with Crippen LogP contribution >= 0.6 is 15.9 Å². The molecule has 104 valence electrons. The van der Waals surface area contributed by atoms with Crippen LogP contribution in [0.4, 0.5) is 0 Å². The number of hydrogen-bond donors (Lipinski definition) is 1. The summed E-state index contributed by atoms with van der Waals surface area (Å²) in [4.78, 5) is 0. The van der Waals surface area contributed by atoms with Crippen LogP contribution in [0.1, 0.15) is 30.2 Å². The second kappa shape index (κ2) is 6.08. The summed E-state index contributed by atoms with van der Waals surface area (Å²) in [5.74, 6) is 0. The van der Waals surface area contributed by atoms with Gasteiger partial charge in [0.15, 0.2) is 0 Å². The normalized spacial score (nSPS) is 26.4. The molecule has 0 amide bonds. The lowest BCUT2D eigenvalue weighted by Gasteiger charge is -2.36. The van der Waals surface area contributed by atoms with Gasteiger partial charge >= 0.3 is 0 Å². The number of ether oxygens (including phenoxy) is 1. The molecule has 1 aliphatic heterocycles. The summed E-state index contributed by atoms with van der Waals surface area (Å²) in [6, 6.07) is 19.4. The molecule has 0 aliphatic carbocycles. The number of benzene rings is 2. The molecule has 0 radical (unpaired) electrons. The molecule has 0 spiro atoms. The zero-order chi connectivity index (χ0) is 13.9. The zero-order valence-corrected chi connectivity index (χ0v) is 13.0. The van der Waals surface area contributed by atoms with E-state index in [1.807, 2.05) is 6.07 Å². The first-order chi connectivity index (χ1) is 9.74. The van der Waals surface area contributed by atoms with Crippen molar-refractivity contribution >= 4 is 15.9 Å². The van der Waals surface area contributed by atoms with E-state index in [9.17, 15) is 0 Å². The van der Waals surface area contributed by atoms with Gasteiger partial charge in [0.1, 0.15) is 0 Å². The molecule has 1 saturated heterocycles. The van der Waals surface area contributed by atoms with Crippen molar-refractivity contribution in [3.63, 3.8) is 0 Å². The van der Waals surface area contributed by atoms with Gasteiger partial charge in [-0.3, -0.25) is 0 Å². The van der Waals surface area contributed by atoms with E-state index in [-0.39, 0.29) is 18.2 Å². The van der Waals surface area contributed by atoms with E-state index in [2.05, 4.69) is 76.7 Å². The zero-order valence-electron chi connectivity index (χ0n) is 11.4. The highest BCUT2D eigenvalue weighted by atomic mass is 79.9. The molecule has 2 nitrogen and oxygen atoms in total. The topological polar surface area (TPSA) is 21.3 Å². The first-order valence-corrected chi connectivity index (χ1v) is 7.71. The highest BCUT2D eigenvalue weighted by Crippen LogP contribution is 2.30. The summed E-state index contributed by atoms with van der Waals surface area (Å²) in [5, 5.41) is 3.66. The molecule has 20 heavy (non-hydrogen) atoms. The summed E-state index contributed by atoms with van der Waals surface area (Å²) >= 11 is 3.47. The van der Waals surface area contributed by atoms with Crippen LogP contribution in [-0.4, -0.2) is 12.6 Å². The maximum absolute atomic E-state index is 6.11. The minimum Gasteiger partial charge on any atom is -0.370 e. The second-order valence-corrected chi connectivity index (χ2v) is 6.14. The molecule has 3 unspecified atom stereocenters. The van der Waals surface area contributed by atoms with Crippen LogP contribution < -0.4 is 5.32 Å². The largest absolute Gasteiger partial charge is 0.370 e. The highest BCUT2D eigenvalue weighted by molar-refractivity contribution is 9.10. The lowest BCUT2D eigenvalue weighted by Crippen LogP contribution is -2.43. The van der Waals surface area contributed by atoms with Crippen molar-refractivity contribution in [2.75, 3.05) is 6.61 Å². The molecular weight excluding hydrogens is 314 g/mol. The van der Waals surface area contributed by atoms with Crippen LogP contribution in [0.3, 0.4) is 0 Å². The minimum atomic E-state index is 0.114. The first kappa shape index (κ1) is 13.8. The lowest BCUT2D eigenvalue weighted by atomic mass is 9.98. The van der Waals surface area contributed by atoms with Gasteiger partial charge < -0.3 is 10.1 Å². The summed E-state index contributed by atoms with van der Waals surface area (Å²) in [5.41, 5.74) is 2.51. The molecule has 3 atom stereocenters. The van der Waals surface area contributed by atoms with Crippen LogP contribution in [-0.2, 0) is 4.74 Å². The number of halogens is 1. The molecule has 1 heterocycles. The number of morpholine rings is 1. The molecule has 2 aromatic rings. The summed E-state index contributed by atoms with van der Waals surface area (Å²) < 4.78 is 7.20. The van der Waals surface area contributed by atoms with Crippen molar-refractivity contribution in [2.45, 2.75) is 25.1 Å². The third-order valence-corrected chi connectivity index (χ3v) is 4.29. The molecule has 0 saturated carbocycles. The van der Waals surface area contributed by atoms with E-state index >= 15 is 0 Å². The summed E-state index contributed by atoms with van der Waals surface area (Å²) in [6.07, 6.45) is 0.114. The molecule has 3 rings (SSSR count). The Bertz CT molecular complexity index is 555. The van der Waals surface area contributed by atoms with Gasteiger partial charge in [0.05, 0.1) is 18.8 Å². The Morgan fingerprint density at radius 3 is 2.35 bits per heavy atom. The van der Waals surface area contributed by atoms with E-state index in [0.29, 0.717) is 6.61 Å². The van der Waals surface area contributed by atoms with Crippen LogP contribution in [0.5, 0.6) is 0 Å². The van der Waals surface area contributed by atoms with Gasteiger partial charge in [0, 0.05) is 10.5 Å². The van der Waals surface area contributed by atoms with Gasteiger partial charge in [-0.2, -0.15) is 0 Å². The standard InChI is InChI=1S/C17H18BrNO/c1-12-17(14-7-9-15(18)10-8-14)20-11-16(19-12)13-5-3-2-4-6-13/h2-10,12,16-17,19H,11H2,1H3. The van der Waals surface area contributed by atoms with Crippen LogP contribution in [0, 0.1) is 0 Å². The third kappa shape index (κ3) is 2.95. The fourth-order valence-corrected chi connectivity index (χ4v) is 2.98. The fraction of sp³-hybridized carbons (Fsp3) is 0.294. The molecule has 1 fully saturated rings. The molecular formula is C17H18BrNO. The Labute approximate surface area is 128 Å². The van der Waals surface area contributed by atoms with Crippen LogP contribution in [0.15, 0.2) is 59.1 Å². The second-order valence-electron chi connectivity index (χ2n) is 5.22. The first-order valence-electron chi connectivity index (χ1n) is 6.92. The van der Waals surface area contributed by atoms with E-state index in [1.54, 1.807) is 0 Å². The Morgan fingerprint density at radius 2 is 1.70 bits per heavy atom. The molecule has 1 aliphatic rings. The van der Waals surface area contributed by atoms with Gasteiger partial charge in [0.2, 0.25) is 0 Å². The molecule has 2 aromatic carbocycles. The van der Waals surface area contributed by atoms with E-state index < -0.39 is 0 Å². The van der Waals surface area contributed by atoms with Gasteiger partial charge in [-0.1, -0.05) is 58.4 Å². The van der Waals surface area contributed by atoms with Gasteiger partial charge in [-0.05, 0) is 30.2 Å². The van der Waals surface area contributed by atoms with Gasteiger partial charge in [-0.15, -0.1) is 0 Å². The predicted molar refractivity (Wildman–Crippen MR) is 84.6 cm³/mol. The average molecular weight is 332 g/mol. The van der Waals surface area contributed by atoms with Crippen molar-refractivity contribution in [2.24, 2.45) is 0 Å². The predicted octanol–water partition coefficient (Wildman–Crippen LogP) is 4.24. The Hall–Kier alpha value is -1.16. The summed E-state index contributed by atoms with van der Waals surface area (Å²) in [6.45, 7) is 2.89. The Morgan fingerprint density at radius 1 is 1.00 bits per heavy atom. The van der Waals surface area contributed by atoms with Crippen LogP contribution in [0.2, 0.25) is 0 Å². The van der Waals surface area contributed by atoms with E-state index in [4.69, 9.17) is 4.74 Å². The maximum Gasteiger partial charge on any atom is 0.0976 e. The number of rotatable bonds is 2. The smallest absolute Gasteiger partial charge is 0.0976 e. The molecule has 0 aromatic heterocycles. The highest BCUT2D eigenvalue weighted by Gasteiger charge is 2.29. The van der Waals surface area contributed by atoms with Crippen molar-refractivity contribution in [1.29, 1.82) is 0 Å². The van der Waals surface area contributed by atoms with Crippen molar-refractivity contribution in [3.8, 4) is 0 Å². The monoisotopic (exact) mass is 331 g/mol. The van der Waals surface area contributed by atoms with Gasteiger partial charge in [-0.25, -0.2) is 0 Å². The minimum absolute atomic E-state index is 0.114. The van der Waals surface area contributed by atoms with Crippen LogP contribution in [0.25, 0.3) is 0 Å². The van der Waals surface area contributed by atoms with Crippen molar-refractivity contribution in [1.82, 2.24) is 5.32 Å². The number of nitrogens with one attached hydrogen (secondary N) is 1. The molecule has 3 heteroatoms.